The molecule has 0 saturated carbocycles. The molecule has 0 spiro atoms. The Hall–Kier alpha value is -2.41. The molecule has 0 aliphatic carbocycles. The monoisotopic (exact) mass is 345 g/mol. The summed E-state index contributed by atoms with van der Waals surface area (Å²) < 4.78 is 0. The molecule has 1 aromatic rings. The zero-order valence-electron chi connectivity index (χ0n) is 14.1. The maximum absolute atomic E-state index is 12.3. The van der Waals surface area contributed by atoms with E-state index in [0.29, 0.717) is 31.6 Å². The van der Waals surface area contributed by atoms with Crippen LogP contribution in [0.25, 0.3) is 0 Å². The number of benzene rings is 1. The van der Waals surface area contributed by atoms with Crippen molar-refractivity contribution in [2.24, 2.45) is 5.92 Å². The number of amides is 2. The molecule has 1 atom stereocenters. The standard InChI is InChI=1S/C18H23N3O4/c22-16(12-20-8-2-4-13(11-20)18(24)25)19-14-5-1-6-15(10-14)21-9-3-7-17(21)23/h1,5-6,10,13H,2-4,7-9,11-12H2,(H,19,22)(H,24,25). The summed E-state index contributed by atoms with van der Waals surface area (Å²) >= 11 is 0. The summed E-state index contributed by atoms with van der Waals surface area (Å²) in [4.78, 5) is 38.8. The molecule has 134 valence electrons. The predicted molar refractivity (Wildman–Crippen MR) is 93.5 cm³/mol. The van der Waals surface area contributed by atoms with Crippen LogP contribution in [0.4, 0.5) is 11.4 Å². The van der Waals surface area contributed by atoms with E-state index >= 15 is 0 Å². The smallest absolute Gasteiger partial charge is 0.307 e. The second kappa shape index (κ2) is 7.65. The summed E-state index contributed by atoms with van der Waals surface area (Å²) in [5, 5.41) is 12.0. The first kappa shape index (κ1) is 17.4. The van der Waals surface area contributed by atoms with Gasteiger partial charge in [0.2, 0.25) is 11.8 Å². The summed E-state index contributed by atoms with van der Waals surface area (Å²) in [6, 6.07) is 7.27. The SMILES string of the molecule is O=C(CN1CCCC(C(=O)O)C1)Nc1cccc(N2CCCC2=O)c1. The number of carbonyl (C=O) groups excluding carboxylic acids is 2. The molecule has 2 fully saturated rings. The van der Waals surface area contributed by atoms with Gasteiger partial charge in [-0.15, -0.1) is 0 Å². The molecule has 2 aliphatic heterocycles. The van der Waals surface area contributed by atoms with Gasteiger partial charge in [0.05, 0.1) is 12.5 Å². The lowest BCUT2D eigenvalue weighted by molar-refractivity contribution is -0.144. The highest BCUT2D eigenvalue weighted by Gasteiger charge is 2.26. The van der Waals surface area contributed by atoms with E-state index < -0.39 is 11.9 Å². The van der Waals surface area contributed by atoms with Gasteiger partial charge in [-0.1, -0.05) is 6.07 Å². The molecule has 0 aromatic heterocycles. The van der Waals surface area contributed by atoms with Crippen LogP contribution in [-0.4, -0.2) is 54.0 Å². The van der Waals surface area contributed by atoms with Crippen LogP contribution in [0.2, 0.25) is 0 Å². The number of hydrogen-bond acceptors (Lipinski definition) is 4. The van der Waals surface area contributed by atoms with E-state index in [0.717, 1.165) is 25.1 Å². The topological polar surface area (TPSA) is 89.9 Å². The van der Waals surface area contributed by atoms with Gasteiger partial charge < -0.3 is 15.3 Å². The number of nitrogens with one attached hydrogen (secondary N) is 1. The van der Waals surface area contributed by atoms with Crippen molar-refractivity contribution >= 4 is 29.2 Å². The fourth-order valence-corrected chi connectivity index (χ4v) is 3.48. The van der Waals surface area contributed by atoms with Crippen molar-refractivity contribution in [3.8, 4) is 0 Å². The number of carboxylic acids is 1. The number of anilines is 2. The van der Waals surface area contributed by atoms with Gasteiger partial charge in [0, 0.05) is 30.9 Å². The Bertz CT molecular complexity index is 676. The molecule has 2 saturated heterocycles. The molecule has 0 radical (unpaired) electrons. The lowest BCUT2D eigenvalue weighted by atomic mass is 9.98. The minimum Gasteiger partial charge on any atom is -0.481 e. The first-order valence-electron chi connectivity index (χ1n) is 8.68. The zero-order valence-corrected chi connectivity index (χ0v) is 14.1. The summed E-state index contributed by atoms with van der Waals surface area (Å²) in [7, 11) is 0. The first-order chi connectivity index (χ1) is 12.0. The predicted octanol–water partition coefficient (Wildman–Crippen LogP) is 1.55. The molecule has 2 N–H and O–H groups in total. The van der Waals surface area contributed by atoms with Crippen molar-refractivity contribution in [1.29, 1.82) is 0 Å². The number of piperidine rings is 1. The maximum atomic E-state index is 12.3. The normalized spacial score (nSPS) is 21.4. The van der Waals surface area contributed by atoms with Gasteiger partial charge in [0.25, 0.3) is 0 Å². The summed E-state index contributed by atoms with van der Waals surface area (Å²) in [6.07, 6.45) is 2.88. The molecule has 0 bridgehead atoms. The van der Waals surface area contributed by atoms with Crippen LogP contribution in [0.15, 0.2) is 24.3 Å². The maximum Gasteiger partial charge on any atom is 0.307 e. The third kappa shape index (κ3) is 4.36. The molecule has 7 nitrogen and oxygen atoms in total. The van der Waals surface area contributed by atoms with Gasteiger partial charge in [0.1, 0.15) is 0 Å². The molecule has 25 heavy (non-hydrogen) atoms. The third-order valence-corrected chi connectivity index (χ3v) is 4.74. The van der Waals surface area contributed by atoms with Gasteiger partial charge >= 0.3 is 5.97 Å². The first-order valence-corrected chi connectivity index (χ1v) is 8.68. The van der Waals surface area contributed by atoms with Gasteiger partial charge in [-0.3, -0.25) is 19.3 Å². The largest absolute Gasteiger partial charge is 0.481 e. The number of hydrogen-bond donors (Lipinski definition) is 2. The van der Waals surface area contributed by atoms with Gasteiger partial charge in [-0.2, -0.15) is 0 Å². The summed E-state index contributed by atoms with van der Waals surface area (Å²) in [6.45, 7) is 2.03. The van der Waals surface area contributed by atoms with Crippen molar-refractivity contribution < 1.29 is 19.5 Å². The molecule has 2 heterocycles. The number of likely N-dealkylation sites (tertiary alicyclic amines) is 1. The van der Waals surface area contributed by atoms with Crippen LogP contribution in [-0.2, 0) is 14.4 Å². The summed E-state index contributed by atoms with van der Waals surface area (Å²) in [5.74, 6) is -1.26. The van der Waals surface area contributed by atoms with Crippen LogP contribution in [0.5, 0.6) is 0 Å². The lowest BCUT2D eigenvalue weighted by Gasteiger charge is -2.29. The second-order valence-corrected chi connectivity index (χ2v) is 6.66. The Morgan fingerprint density at radius 2 is 2.08 bits per heavy atom. The van der Waals surface area contributed by atoms with Crippen molar-refractivity contribution in [2.75, 3.05) is 36.4 Å². The van der Waals surface area contributed by atoms with Crippen molar-refractivity contribution in [3.05, 3.63) is 24.3 Å². The Morgan fingerprint density at radius 3 is 2.80 bits per heavy atom. The van der Waals surface area contributed by atoms with Crippen LogP contribution in [0.1, 0.15) is 25.7 Å². The second-order valence-electron chi connectivity index (χ2n) is 6.66. The van der Waals surface area contributed by atoms with Crippen molar-refractivity contribution in [3.63, 3.8) is 0 Å². The molecule has 2 aliphatic rings. The average Bonchev–Trinajstić information content (AvgIpc) is 3.01. The molecule has 3 rings (SSSR count). The Morgan fingerprint density at radius 1 is 1.24 bits per heavy atom. The van der Waals surface area contributed by atoms with Crippen LogP contribution >= 0.6 is 0 Å². The quantitative estimate of drug-likeness (QED) is 0.845. The highest BCUT2D eigenvalue weighted by atomic mass is 16.4. The van der Waals surface area contributed by atoms with Crippen LogP contribution in [0.3, 0.4) is 0 Å². The highest BCUT2D eigenvalue weighted by Crippen LogP contribution is 2.24. The van der Waals surface area contributed by atoms with Crippen molar-refractivity contribution in [1.82, 2.24) is 4.90 Å². The minimum absolute atomic E-state index is 0.108. The molecular formula is C18H23N3O4. The van der Waals surface area contributed by atoms with E-state index in [1.807, 2.05) is 17.0 Å². The molecule has 2 amide bonds. The van der Waals surface area contributed by atoms with Crippen LogP contribution in [0, 0.1) is 5.92 Å². The van der Waals surface area contributed by atoms with Gasteiger partial charge in [0.15, 0.2) is 0 Å². The van der Waals surface area contributed by atoms with E-state index in [1.165, 1.54) is 0 Å². The van der Waals surface area contributed by atoms with E-state index in [4.69, 9.17) is 5.11 Å². The highest BCUT2D eigenvalue weighted by molar-refractivity contribution is 5.97. The minimum atomic E-state index is -0.798. The Balaban J connectivity index is 1.58. The van der Waals surface area contributed by atoms with E-state index in [-0.39, 0.29) is 18.4 Å². The summed E-state index contributed by atoms with van der Waals surface area (Å²) in [5.41, 5.74) is 1.44. The van der Waals surface area contributed by atoms with E-state index in [2.05, 4.69) is 5.32 Å². The third-order valence-electron chi connectivity index (χ3n) is 4.74. The molecule has 7 heteroatoms. The number of nitrogens with zero attached hydrogens (tertiary/aromatic N) is 2. The van der Waals surface area contributed by atoms with E-state index in [1.54, 1.807) is 17.0 Å². The molecular weight excluding hydrogens is 322 g/mol. The average molecular weight is 345 g/mol. The molecule has 1 aromatic carbocycles. The zero-order chi connectivity index (χ0) is 17.8. The lowest BCUT2D eigenvalue weighted by Crippen LogP contribution is -2.42. The number of rotatable bonds is 5. The van der Waals surface area contributed by atoms with Crippen molar-refractivity contribution in [2.45, 2.75) is 25.7 Å². The van der Waals surface area contributed by atoms with Gasteiger partial charge in [-0.05, 0) is 44.0 Å². The van der Waals surface area contributed by atoms with E-state index in [9.17, 15) is 14.4 Å². The number of carbonyl (C=O) groups is 3. The number of carboxylic acid groups (broad SMARTS) is 1. The fourth-order valence-electron chi connectivity index (χ4n) is 3.48. The Labute approximate surface area is 146 Å². The molecule has 1 unspecified atom stereocenters. The fraction of sp³-hybridized carbons (Fsp3) is 0.500. The van der Waals surface area contributed by atoms with Gasteiger partial charge in [-0.25, -0.2) is 0 Å². The van der Waals surface area contributed by atoms with Crippen LogP contribution < -0.4 is 10.2 Å². The Kier molecular flexibility index (Phi) is 5.33. The number of aliphatic carboxylic acids is 1.